The molecule has 0 atom stereocenters. The Bertz CT molecular complexity index is 3480. The molecule has 294 valence electrons. The minimum Gasteiger partial charge on any atom is -0.310 e. The van der Waals surface area contributed by atoms with Crippen molar-refractivity contribution >= 4 is 110 Å². The zero-order valence-electron chi connectivity index (χ0n) is 34.7. The molecule has 0 amide bonds. The molecule has 4 heterocycles. The molecule has 0 aliphatic carbocycles. The Labute approximate surface area is 359 Å². The van der Waals surface area contributed by atoms with Crippen LogP contribution in [-0.2, 0) is 12.8 Å². The van der Waals surface area contributed by atoms with E-state index in [0.717, 1.165) is 35.6 Å². The molecule has 0 radical (unpaired) electrons. The van der Waals surface area contributed by atoms with E-state index < -0.39 is 0 Å². The molecular formula is C58H42N4. The Morgan fingerprint density at radius 3 is 1.02 bits per heavy atom. The summed E-state index contributed by atoms with van der Waals surface area (Å²) in [4.78, 5) is 4.86. The molecule has 0 N–H and O–H groups in total. The summed E-state index contributed by atoms with van der Waals surface area (Å²) >= 11 is 0. The maximum absolute atomic E-state index is 2.60. The fraction of sp³-hybridized carbons (Fsp3) is 0.0690. The van der Waals surface area contributed by atoms with Crippen LogP contribution in [0, 0.1) is 0 Å². The highest BCUT2D eigenvalue weighted by Gasteiger charge is 2.28. The lowest BCUT2D eigenvalue weighted by Crippen LogP contribution is -2.10. The van der Waals surface area contributed by atoms with E-state index in [1.807, 2.05) is 0 Å². The molecule has 13 aromatic rings. The summed E-state index contributed by atoms with van der Waals surface area (Å²) in [6.07, 6.45) is 1.89. The van der Waals surface area contributed by atoms with Gasteiger partial charge in [0.05, 0.1) is 44.5 Å². The Kier molecular flexibility index (Phi) is 7.53. The van der Waals surface area contributed by atoms with Gasteiger partial charge in [0, 0.05) is 65.8 Å². The van der Waals surface area contributed by atoms with Gasteiger partial charge in [-0.3, -0.25) is 0 Å². The molecule has 0 unspecified atom stereocenters. The smallest absolute Gasteiger partial charge is 0.0641 e. The first kappa shape index (κ1) is 35.0. The highest BCUT2D eigenvalue weighted by molar-refractivity contribution is 6.32. The first-order chi connectivity index (χ1) is 30.7. The first-order valence-corrected chi connectivity index (χ1v) is 21.9. The monoisotopic (exact) mass is 794 g/mol. The van der Waals surface area contributed by atoms with Gasteiger partial charge < -0.3 is 18.6 Å². The summed E-state index contributed by atoms with van der Waals surface area (Å²) in [5.41, 5.74) is 17.3. The van der Waals surface area contributed by atoms with Crippen LogP contribution in [0.3, 0.4) is 0 Å². The van der Waals surface area contributed by atoms with E-state index >= 15 is 0 Å². The van der Waals surface area contributed by atoms with Crippen molar-refractivity contribution in [2.45, 2.75) is 26.7 Å². The van der Waals surface area contributed by atoms with Gasteiger partial charge in [-0.1, -0.05) is 135 Å². The highest BCUT2D eigenvalue weighted by Crippen LogP contribution is 2.51. The van der Waals surface area contributed by atoms with Gasteiger partial charge in [0.1, 0.15) is 0 Å². The number of aryl methyl sites for hydroxylation is 2. The van der Waals surface area contributed by atoms with Crippen LogP contribution >= 0.6 is 0 Å². The molecule has 4 nitrogen and oxygen atoms in total. The number of hydrogen-bond acceptors (Lipinski definition) is 2. The number of fused-ring (bicyclic) bond motifs is 12. The molecule has 9 aromatic carbocycles. The predicted octanol–water partition coefficient (Wildman–Crippen LogP) is 16.1. The van der Waals surface area contributed by atoms with Crippen molar-refractivity contribution in [2.24, 2.45) is 0 Å². The van der Waals surface area contributed by atoms with Crippen LogP contribution in [0.15, 0.2) is 194 Å². The Hall–Kier alpha value is -7.82. The van der Waals surface area contributed by atoms with E-state index in [4.69, 9.17) is 0 Å². The molecule has 0 aliphatic heterocycles. The van der Waals surface area contributed by atoms with Crippen molar-refractivity contribution in [1.29, 1.82) is 0 Å². The summed E-state index contributed by atoms with van der Waals surface area (Å²) in [5, 5.41) is 10.3. The first-order valence-electron chi connectivity index (χ1n) is 21.9. The summed E-state index contributed by atoms with van der Waals surface area (Å²) in [5.74, 6) is 0. The Morgan fingerprint density at radius 2 is 0.677 bits per heavy atom. The van der Waals surface area contributed by atoms with Crippen LogP contribution in [0.25, 0.3) is 76.2 Å². The second-order valence-corrected chi connectivity index (χ2v) is 16.6. The third-order valence-electron chi connectivity index (χ3n) is 13.5. The Morgan fingerprint density at radius 1 is 0.323 bits per heavy atom. The van der Waals surface area contributed by atoms with Crippen molar-refractivity contribution in [3.8, 4) is 0 Å². The van der Waals surface area contributed by atoms with Gasteiger partial charge in [0.2, 0.25) is 0 Å². The minimum absolute atomic E-state index is 0.943. The molecule has 62 heavy (non-hydrogen) atoms. The van der Waals surface area contributed by atoms with Crippen LogP contribution in [0.4, 0.5) is 34.1 Å². The summed E-state index contributed by atoms with van der Waals surface area (Å²) in [6.45, 7) is 4.58. The van der Waals surface area contributed by atoms with Crippen molar-refractivity contribution < 1.29 is 0 Å². The van der Waals surface area contributed by atoms with E-state index in [9.17, 15) is 0 Å². The van der Waals surface area contributed by atoms with Crippen molar-refractivity contribution in [2.75, 3.05) is 9.80 Å². The van der Waals surface area contributed by atoms with Gasteiger partial charge in [-0.2, -0.15) is 0 Å². The van der Waals surface area contributed by atoms with Gasteiger partial charge in [0.15, 0.2) is 0 Å². The van der Waals surface area contributed by atoms with Gasteiger partial charge in [-0.15, -0.1) is 0 Å². The number of benzene rings is 9. The SMILES string of the molecule is CCc1cccc2c3c(N(c4ccccc4)c4ccccc4)ccc4c5cc6c(cc5n(c12)c43)c1ccc(N(c2ccccc2)c2ccccc2)c2c3cccc(CC)c3n6c12. The molecule has 4 heteroatoms. The molecule has 0 saturated heterocycles. The lowest BCUT2D eigenvalue weighted by atomic mass is 10.0. The second-order valence-electron chi connectivity index (χ2n) is 16.6. The second kappa shape index (κ2) is 13.3. The number of anilines is 6. The summed E-state index contributed by atoms with van der Waals surface area (Å²) in [6, 6.07) is 71.6. The largest absolute Gasteiger partial charge is 0.310 e. The topological polar surface area (TPSA) is 15.3 Å². The zero-order chi connectivity index (χ0) is 41.1. The van der Waals surface area contributed by atoms with E-state index in [1.165, 1.54) is 98.7 Å². The van der Waals surface area contributed by atoms with Crippen molar-refractivity contribution in [3.05, 3.63) is 205 Å². The average molecular weight is 795 g/mol. The molecule has 4 aromatic heterocycles. The molecular weight excluding hydrogens is 753 g/mol. The van der Waals surface area contributed by atoms with E-state index in [1.54, 1.807) is 0 Å². The fourth-order valence-corrected chi connectivity index (χ4v) is 10.9. The molecule has 0 fully saturated rings. The van der Waals surface area contributed by atoms with Crippen LogP contribution < -0.4 is 9.80 Å². The number of aromatic nitrogens is 2. The molecule has 0 saturated carbocycles. The summed E-state index contributed by atoms with van der Waals surface area (Å²) in [7, 11) is 0. The number of rotatable bonds is 8. The van der Waals surface area contributed by atoms with Crippen molar-refractivity contribution in [1.82, 2.24) is 8.80 Å². The molecule has 13 rings (SSSR count). The van der Waals surface area contributed by atoms with Gasteiger partial charge in [0.25, 0.3) is 0 Å². The molecule has 0 aliphatic rings. The van der Waals surface area contributed by atoms with Crippen LogP contribution in [0.1, 0.15) is 25.0 Å². The van der Waals surface area contributed by atoms with Crippen LogP contribution in [0.2, 0.25) is 0 Å². The quantitative estimate of drug-likeness (QED) is 0.152. The van der Waals surface area contributed by atoms with Gasteiger partial charge in [-0.25, -0.2) is 0 Å². The van der Waals surface area contributed by atoms with Gasteiger partial charge >= 0.3 is 0 Å². The maximum Gasteiger partial charge on any atom is 0.0641 e. The van der Waals surface area contributed by atoms with E-state index in [2.05, 4.69) is 227 Å². The normalized spacial score (nSPS) is 12.2. The number of hydrogen-bond donors (Lipinski definition) is 0. The number of nitrogens with zero attached hydrogens (tertiary/aromatic N) is 4. The Balaban J connectivity index is 1.17. The van der Waals surface area contributed by atoms with E-state index in [-0.39, 0.29) is 0 Å². The van der Waals surface area contributed by atoms with Crippen molar-refractivity contribution in [3.63, 3.8) is 0 Å². The standard InChI is InChI=1S/C58H42N4/c1-3-37-19-17-29-45-53-49(59(39-21-9-5-10-22-39)40-23-11-6-12-24-40)33-31-43-47-36-52-48(35-51(47)61(55(37)45)57(43)53)44-32-34-50(54-46-30-18-20-38(4-2)56(46)62(52)58(44)54)60(41-25-13-7-14-26-41)42-27-15-8-16-28-42/h5-36H,3-4H2,1-2H3. The maximum atomic E-state index is 2.60. The lowest BCUT2D eigenvalue weighted by Gasteiger charge is -2.26. The third-order valence-corrected chi connectivity index (χ3v) is 13.5. The highest BCUT2D eigenvalue weighted by atomic mass is 15.2. The average Bonchev–Trinajstić information content (AvgIpc) is 4.06. The zero-order valence-corrected chi connectivity index (χ0v) is 34.7. The fourth-order valence-electron chi connectivity index (χ4n) is 10.9. The van der Waals surface area contributed by atoms with Crippen LogP contribution in [-0.4, -0.2) is 8.80 Å². The van der Waals surface area contributed by atoms with Gasteiger partial charge in [-0.05, 0) is 96.8 Å². The molecule has 0 spiro atoms. The lowest BCUT2D eigenvalue weighted by molar-refractivity contribution is 1.14. The van der Waals surface area contributed by atoms with E-state index in [0.29, 0.717) is 0 Å². The third kappa shape index (κ3) is 4.72. The van der Waals surface area contributed by atoms with Crippen LogP contribution in [0.5, 0.6) is 0 Å². The number of para-hydroxylation sites is 6. The minimum atomic E-state index is 0.943. The predicted molar refractivity (Wildman–Crippen MR) is 264 cm³/mol. The summed E-state index contributed by atoms with van der Waals surface area (Å²) < 4.78 is 5.21. The molecule has 0 bridgehead atoms.